The van der Waals surface area contributed by atoms with E-state index in [9.17, 15) is 4.79 Å². The Kier molecular flexibility index (Phi) is 6.82. The van der Waals surface area contributed by atoms with E-state index in [2.05, 4.69) is 26.7 Å². The summed E-state index contributed by atoms with van der Waals surface area (Å²) in [5.74, 6) is 0.105. The number of nitrogens with zero attached hydrogens (tertiary/aromatic N) is 1. The van der Waals surface area contributed by atoms with Crippen LogP contribution in [0.1, 0.15) is 30.0 Å². The number of hydrogen-bond acceptors (Lipinski definition) is 6. The Balaban J connectivity index is 1.61. The van der Waals surface area contributed by atoms with E-state index >= 15 is 0 Å². The van der Waals surface area contributed by atoms with Crippen LogP contribution in [0.3, 0.4) is 0 Å². The Morgan fingerprint density at radius 3 is 3.19 bits per heavy atom. The van der Waals surface area contributed by atoms with Gasteiger partial charge >= 0.3 is 0 Å². The Labute approximate surface area is 156 Å². The summed E-state index contributed by atoms with van der Waals surface area (Å²) < 4.78 is 11.4. The van der Waals surface area contributed by atoms with Crippen LogP contribution in [0.15, 0.2) is 41.2 Å². The van der Waals surface area contributed by atoms with Crippen molar-refractivity contribution in [2.24, 2.45) is 0 Å². The van der Waals surface area contributed by atoms with Gasteiger partial charge in [-0.05, 0) is 34.9 Å². The lowest BCUT2D eigenvalue weighted by atomic mass is 9.95. The zero-order valence-corrected chi connectivity index (χ0v) is 15.2. The van der Waals surface area contributed by atoms with Gasteiger partial charge in [-0.3, -0.25) is 4.79 Å². The first-order valence-corrected chi connectivity index (χ1v) is 9.59. The molecule has 2 aromatic rings. The SMILES string of the molecule is O=C(NCCc1cnc[nH]1)C1=C[C@@H](c2ccsc2)C[C@@H](OCCCO)O1. The number of carbonyl (C=O) groups is 1. The van der Waals surface area contributed by atoms with Crippen molar-refractivity contribution in [1.29, 1.82) is 0 Å². The highest BCUT2D eigenvalue weighted by molar-refractivity contribution is 7.08. The van der Waals surface area contributed by atoms with E-state index in [0.717, 1.165) is 11.3 Å². The highest BCUT2D eigenvalue weighted by Crippen LogP contribution is 2.32. The summed E-state index contributed by atoms with van der Waals surface area (Å²) in [7, 11) is 0. The van der Waals surface area contributed by atoms with Gasteiger partial charge in [-0.2, -0.15) is 11.3 Å². The van der Waals surface area contributed by atoms with E-state index in [4.69, 9.17) is 14.6 Å². The van der Waals surface area contributed by atoms with Crippen LogP contribution in [0.2, 0.25) is 0 Å². The maximum absolute atomic E-state index is 12.5. The Bertz CT molecular complexity index is 700. The molecule has 0 radical (unpaired) electrons. The second-order valence-electron chi connectivity index (χ2n) is 6.01. The van der Waals surface area contributed by atoms with Crippen molar-refractivity contribution in [2.45, 2.75) is 31.5 Å². The molecule has 7 nitrogen and oxygen atoms in total. The number of H-pyrrole nitrogens is 1. The van der Waals surface area contributed by atoms with Crippen LogP contribution in [0.25, 0.3) is 0 Å². The van der Waals surface area contributed by atoms with Crippen LogP contribution in [-0.4, -0.2) is 47.0 Å². The molecule has 3 heterocycles. The van der Waals surface area contributed by atoms with Crippen LogP contribution >= 0.6 is 11.3 Å². The summed E-state index contributed by atoms with van der Waals surface area (Å²) in [6.45, 7) is 0.949. The third-order valence-corrected chi connectivity index (χ3v) is 4.79. The molecule has 26 heavy (non-hydrogen) atoms. The molecule has 3 rings (SSSR count). The van der Waals surface area contributed by atoms with Gasteiger partial charge in [-0.15, -0.1) is 0 Å². The van der Waals surface area contributed by atoms with E-state index in [1.165, 1.54) is 0 Å². The molecule has 2 atom stereocenters. The van der Waals surface area contributed by atoms with Crippen molar-refractivity contribution in [3.63, 3.8) is 0 Å². The summed E-state index contributed by atoms with van der Waals surface area (Å²) >= 11 is 1.62. The largest absolute Gasteiger partial charge is 0.459 e. The zero-order chi connectivity index (χ0) is 18.2. The van der Waals surface area contributed by atoms with Crippen molar-refractivity contribution < 1.29 is 19.4 Å². The molecule has 2 aromatic heterocycles. The number of ether oxygens (including phenoxy) is 2. The number of nitrogens with one attached hydrogen (secondary N) is 2. The van der Waals surface area contributed by atoms with Gasteiger partial charge in [0.25, 0.3) is 5.91 Å². The lowest BCUT2D eigenvalue weighted by molar-refractivity contribution is -0.146. The molecule has 0 aliphatic carbocycles. The lowest BCUT2D eigenvalue weighted by Gasteiger charge is -2.28. The summed E-state index contributed by atoms with van der Waals surface area (Å²) in [5.41, 5.74) is 2.11. The van der Waals surface area contributed by atoms with Crippen LogP contribution in [0, 0.1) is 0 Å². The normalized spacial score (nSPS) is 19.7. The van der Waals surface area contributed by atoms with Gasteiger partial charge in [-0.1, -0.05) is 0 Å². The molecule has 0 unspecified atom stereocenters. The predicted molar refractivity (Wildman–Crippen MR) is 97.6 cm³/mol. The van der Waals surface area contributed by atoms with Gasteiger partial charge < -0.3 is 24.9 Å². The number of hydrogen-bond donors (Lipinski definition) is 3. The Morgan fingerprint density at radius 1 is 1.54 bits per heavy atom. The second kappa shape index (κ2) is 9.51. The first kappa shape index (κ1) is 18.6. The molecule has 140 valence electrons. The average Bonchev–Trinajstić information content (AvgIpc) is 3.35. The van der Waals surface area contributed by atoms with Crippen molar-refractivity contribution in [3.05, 3.63) is 52.4 Å². The maximum atomic E-state index is 12.5. The monoisotopic (exact) mass is 377 g/mol. The Hall–Kier alpha value is -2.16. The molecule has 0 aromatic carbocycles. The molecule has 1 aliphatic rings. The minimum atomic E-state index is -0.496. The summed E-state index contributed by atoms with van der Waals surface area (Å²) in [6, 6.07) is 2.05. The van der Waals surface area contributed by atoms with Gasteiger partial charge in [0, 0.05) is 43.8 Å². The minimum absolute atomic E-state index is 0.0669. The van der Waals surface area contributed by atoms with E-state index in [-0.39, 0.29) is 24.2 Å². The number of aromatic nitrogens is 2. The molecule has 0 bridgehead atoms. The molecule has 1 aliphatic heterocycles. The van der Waals surface area contributed by atoms with Gasteiger partial charge in [-0.25, -0.2) is 4.98 Å². The number of carbonyl (C=O) groups excluding carboxylic acids is 1. The quantitative estimate of drug-likeness (QED) is 0.581. The van der Waals surface area contributed by atoms with E-state index in [0.29, 0.717) is 32.4 Å². The molecular weight excluding hydrogens is 354 g/mol. The first-order valence-electron chi connectivity index (χ1n) is 8.64. The number of amides is 1. The van der Waals surface area contributed by atoms with E-state index in [1.54, 1.807) is 23.9 Å². The van der Waals surface area contributed by atoms with Crippen LogP contribution in [0.5, 0.6) is 0 Å². The van der Waals surface area contributed by atoms with Crippen LogP contribution in [-0.2, 0) is 20.7 Å². The standard InChI is InChI=1S/C18H23N3O4S/c22-5-1-6-24-17-9-14(13-3-7-26-11-13)8-16(25-17)18(23)20-4-2-15-10-19-12-21-15/h3,7-8,10-12,14,17,22H,1-2,4-6,9H2,(H,19,21)(H,20,23)/t14-,17+/m1/s1. The van der Waals surface area contributed by atoms with Crippen LogP contribution in [0.4, 0.5) is 0 Å². The third-order valence-electron chi connectivity index (χ3n) is 4.09. The number of thiophene rings is 1. The zero-order valence-electron chi connectivity index (χ0n) is 14.4. The lowest BCUT2D eigenvalue weighted by Crippen LogP contribution is -2.34. The molecule has 8 heteroatoms. The van der Waals surface area contributed by atoms with Crippen LogP contribution < -0.4 is 5.32 Å². The minimum Gasteiger partial charge on any atom is -0.459 e. The smallest absolute Gasteiger partial charge is 0.286 e. The number of aromatic amines is 1. The number of aliphatic hydroxyl groups excluding tert-OH is 1. The van der Waals surface area contributed by atoms with Crippen molar-refractivity contribution in [3.8, 4) is 0 Å². The number of allylic oxidation sites excluding steroid dienone is 1. The van der Waals surface area contributed by atoms with Gasteiger partial charge in [0.2, 0.25) is 6.29 Å². The molecule has 0 spiro atoms. The van der Waals surface area contributed by atoms with E-state index in [1.807, 2.05) is 11.5 Å². The summed E-state index contributed by atoms with van der Waals surface area (Å²) in [6.07, 6.45) is 6.57. The Morgan fingerprint density at radius 2 is 2.46 bits per heavy atom. The second-order valence-corrected chi connectivity index (χ2v) is 6.79. The highest BCUT2D eigenvalue weighted by atomic mass is 32.1. The summed E-state index contributed by atoms with van der Waals surface area (Å²) in [5, 5.41) is 15.9. The molecule has 0 saturated carbocycles. The molecule has 1 amide bonds. The maximum Gasteiger partial charge on any atom is 0.286 e. The van der Waals surface area contributed by atoms with Gasteiger partial charge in [0.05, 0.1) is 12.9 Å². The van der Waals surface area contributed by atoms with Gasteiger partial charge in [0.1, 0.15) is 0 Å². The summed E-state index contributed by atoms with van der Waals surface area (Å²) in [4.78, 5) is 19.5. The highest BCUT2D eigenvalue weighted by Gasteiger charge is 2.28. The average molecular weight is 377 g/mol. The van der Waals surface area contributed by atoms with Crippen molar-refractivity contribution >= 4 is 17.2 Å². The molecule has 0 fully saturated rings. The number of rotatable bonds is 9. The fourth-order valence-corrected chi connectivity index (χ4v) is 3.46. The van der Waals surface area contributed by atoms with Crippen molar-refractivity contribution in [2.75, 3.05) is 19.8 Å². The number of aliphatic hydroxyl groups is 1. The fraction of sp³-hybridized carbons (Fsp3) is 0.444. The first-order chi connectivity index (χ1) is 12.8. The predicted octanol–water partition coefficient (Wildman–Crippen LogP) is 1.94. The van der Waals surface area contributed by atoms with Gasteiger partial charge in [0.15, 0.2) is 5.76 Å². The molecule has 0 saturated heterocycles. The fourth-order valence-electron chi connectivity index (χ4n) is 2.74. The third kappa shape index (κ3) is 5.17. The topological polar surface area (TPSA) is 96.5 Å². The molecule has 3 N–H and O–H groups in total. The van der Waals surface area contributed by atoms with E-state index < -0.39 is 6.29 Å². The van der Waals surface area contributed by atoms with Crippen molar-refractivity contribution in [1.82, 2.24) is 15.3 Å². The molecular formula is C18H23N3O4S. The number of imidazole rings is 1.